The minimum Gasteiger partial charge on any atom is -0.478 e. The summed E-state index contributed by atoms with van der Waals surface area (Å²) >= 11 is 0. The Morgan fingerprint density at radius 1 is 1.05 bits per heavy atom. The molecule has 0 bridgehead atoms. The third-order valence-electron chi connectivity index (χ3n) is 7.86. The molecule has 3 unspecified atom stereocenters. The minimum absolute atomic E-state index is 0.221. The van der Waals surface area contributed by atoms with Crippen LogP contribution in [0.5, 0.6) is 5.88 Å². The van der Waals surface area contributed by atoms with Crippen molar-refractivity contribution in [3.8, 4) is 5.88 Å². The van der Waals surface area contributed by atoms with Crippen LogP contribution in [0.25, 0.3) is 11.0 Å². The Morgan fingerprint density at radius 2 is 1.90 bits per heavy atom. The molecular formula is C31H34N4O4. The molecule has 0 amide bonds. The summed E-state index contributed by atoms with van der Waals surface area (Å²) in [6.07, 6.45) is 5.70. The zero-order valence-electron chi connectivity index (χ0n) is 22.0. The highest BCUT2D eigenvalue weighted by Gasteiger charge is 2.41. The average Bonchev–Trinajstić information content (AvgIpc) is 3.64. The molecule has 2 aromatic heterocycles. The first-order chi connectivity index (χ1) is 19.1. The first-order valence-electron chi connectivity index (χ1n) is 13.8. The van der Waals surface area contributed by atoms with Crippen molar-refractivity contribution in [3.63, 3.8) is 0 Å². The highest BCUT2D eigenvalue weighted by molar-refractivity contribution is 5.92. The average molecular weight is 527 g/mol. The summed E-state index contributed by atoms with van der Waals surface area (Å²) in [5, 5.41) is 9.31. The van der Waals surface area contributed by atoms with Gasteiger partial charge in [0.1, 0.15) is 12.4 Å². The van der Waals surface area contributed by atoms with Crippen LogP contribution in [-0.2, 0) is 24.4 Å². The summed E-state index contributed by atoms with van der Waals surface area (Å²) in [4.78, 5) is 22.8. The predicted molar refractivity (Wildman–Crippen MR) is 148 cm³/mol. The van der Waals surface area contributed by atoms with E-state index in [0.717, 1.165) is 66.9 Å². The number of aromatic nitrogens is 3. The maximum Gasteiger partial charge on any atom is 0.335 e. The number of carbonyl (C=O) groups is 1. The van der Waals surface area contributed by atoms with Crippen LogP contribution in [0.1, 0.15) is 41.0 Å². The number of ether oxygens (including phenoxy) is 2. The van der Waals surface area contributed by atoms with Crippen molar-refractivity contribution in [2.45, 2.75) is 45.1 Å². The van der Waals surface area contributed by atoms with Gasteiger partial charge in [-0.15, -0.1) is 0 Å². The summed E-state index contributed by atoms with van der Waals surface area (Å²) in [5.41, 5.74) is 3.25. The topological polar surface area (TPSA) is 89.7 Å². The van der Waals surface area contributed by atoms with Gasteiger partial charge in [0.25, 0.3) is 0 Å². The zero-order valence-corrected chi connectivity index (χ0v) is 22.0. The summed E-state index contributed by atoms with van der Waals surface area (Å²) in [6, 6.07) is 20.9. The lowest BCUT2D eigenvalue weighted by Gasteiger charge is -2.29. The molecule has 3 fully saturated rings. The van der Waals surface area contributed by atoms with Crippen LogP contribution < -0.4 is 4.74 Å². The molecule has 1 N–H and O–H groups in total. The zero-order chi connectivity index (χ0) is 26.6. The van der Waals surface area contributed by atoms with Crippen LogP contribution in [0.4, 0.5) is 0 Å². The molecule has 8 nitrogen and oxygen atoms in total. The number of fused-ring (bicyclic) bond motifs is 2. The Bertz CT molecular complexity index is 1360. The smallest absolute Gasteiger partial charge is 0.335 e. The second-order valence-electron chi connectivity index (χ2n) is 10.7. The van der Waals surface area contributed by atoms with E-state index in [0.29, 0.717) is 18.1 Å². The molecule has 2 aliphatic heterocycles. The van der Waals surface area contributed by atoms with E-state index in [9.17, 15) is 9.90 Å². The van der Waals surface area contributed by atoms with Crippen molar-refractivity contribution in [1.82, 2.24) is 19.4 Å². The molecule has 39 heavy (non-hydrogen) atoms. The van der Waals surface area contributed by atoms with E-state index in [4.69, 9.17) is 14.5 Å². The fraction of sp³-hybridized carbons (Fsp3) is 0.387. The van der Waals surface area contributed by atoms with Crippen LogP contribution in [-0.4, -0.2) is 56.3 Å². The molecule has 3 atom stereocenters. The molecule has 8 heteroatoms. The van der Waals surface area contributed by atoms with Crippen LogP contribution in [0.15, 0.2) is 72.9 Å². The molecule has 1 aliphatic carbocycles. The number of likely N-dealkylation sites (tertiary alicyclic amines) is 1. The molecule has 4 aromatic rings. The number of pyridine rings is 1. The fourth-order valence-electron chi connectivity index (χ4n) is 5.43. The summed E-state index contributed by atoms with van der Waals surface area (Å²) in [6.45, 7) is 5.31. The Balaban J connectivity index is 0.000000168. The van der Waals surface area contributed by atoms with Gasteiger partial charge < -0.3 is 19.1 Å². The number of nitrogens with zero attached hydrogens (tertiary/aromatic N) is 4. The van der Waals surface area contributed by atoms with Crippen molar-refractivity contribution in [3.05, 3.63) is 89.9 Å². The van der Waals surface area contributed by atoms with Crippen molar-refractivity contribution in [2.75, 3.05) is 19.7 Å². The van der Waals surface area contributed by atoms with Crippen molar-refractivity contribution in [1.29, 1.82) is 0 Å². The number of aromatic carboxylic acids is 1. The maximum atomic E-state index is 11.3. The van der Waals surface area contributed by atoms with E-state index in [1.807, 2.05) is 54.6 Å². The van der Waals surface area contributed by atoms with Gasteiger partial charge in [0.2, 0.25) is 5.88 Å². The Kier molecular flexibility index (Phi) is 7.56. The predicted octanol–water partition coefficient (Wildman–Crippen LogP) is 5.03. The van der Waals surface area contributed by atoms with Crippen molar-refractivity contribution >= 4 is 17.0 Å². The maximum absolute atomic E-state index is 11.3. The fourth-order valence-corrected chi connectivity index (χ4v) is 5.43. The second kappa shape index (κ2) is 11.6. The third kappa shape index (κ3) is 6.29. The largest absolute Gasteiger partial charge is 0.478 e. The molecule has 0 radical (unpaired) electrons. The first kappa shape index (κ1) is 25.5. The number of benzene rings is 2. The minimum atomic E-state index is -0.896. The lowest BCUT2D eigenvalue weighted by Crippen LogP contribution is -2.34. The number of imidazole rings is 1. The number of carboxylic acids is 1. The molecule has 2 saturated heterocycles. The van der Waals surface area contributed by atoms with E-state index in [1.165, 1.54) is 19.4 Å². The number of hydrogen-bond donors (Lipinski definition) is 1. The van der Waals surface area contributed by atoms with Crippen LogP contribution in [0, 0.1) is 11.8 Å². The van der Waals surface area contributed by atoms with Gasteiger partial charge in [-0.3, -0.25) is 4.90 Å². The quantitative estimate of drug-likeness (QED) is 0.345. The van der Waals surface area contributed by atoms with Crippen LogP contribution in [0.3, 0.4) is 0 Å². The van der Waals surface area contributed by atoms with Gasteiger partial charge in [-0.1, -0.05) is 36.4 Å². The van der Waals surface area contributed by atoms with Crippen molar-refractivity contribution in [2.24, 2.45) is 11.8 Å². The number of piperidine rings is 1. The Morgan fingerprint density at radius 3 is 2.62 bits per heavy atom. The van der Waals surface area contributed by atoms with E-state index >= 15 is 0 Å². The van der Waals surface area contributed by atoms with Gasteiger partial charge in [0.15, 0.2) is 0 Å². The third-order valence-corrected chi connectivity index (χ3v) is 7.86. The van der Waals surface area contributed by atoms with E-state index in [1.54, 1.807) is 18.3 Å². The molecule has 1 saturated carbocycles. The van der Waals surface area contributed by atoms with Gasteiger partial charge in [0, 0.05) is 25.4 Å². The van der Waals surface area contributed by atoms with Gasteiger partial charge in [-0.2, -0.15) is 0 Å². The SMILES string of the molecule is O=C(O)c1ccc2nc(CN3CCC4CC4C3)n(CC3CCO3)c2c1.c1ccc(COc2ccccn2)cc1. The molecular weight excluding hydrogens is 492 g/mol. The second-order valence-corrected chi connectivity index (χ2v) is 10.7. The summed E-state index contributed by atoms with van der Waals surface area (Å²) in [5.74, 6) is 2.66. The lowest BCUT2D eigenvalue weighted by atomic mass is 10.1. The highest BCUT2D eigenvalue weighted by Crippen LogP contribution is 2.45. The standard InChI is InChI=1S/C19H23N3O3.C12H11NO/c23-19(24)13-1-2-16-17(8-13)22(10-15-4-6-25-15)18(20-16)11-21-5-3-12-7-14(12)9-21;1-2-6-11(7-3-1)10-14-12-8-4-5-9-13-12/h1-2,8,12,14-15H,3-7,9-11H2,(H,23,24);1-9H,10H2. The summed E-state index contributed by atoms with van der Waals surface area (Å²) < 4.78 is 13.3. The number of carboxylic acid groups (broad SMARTS) is 1. The first-order valence-corrected chi connectivity index (χ1v) is 13.8. The molecule has 2 aromatic carbocycles. The number of rotatable bonds is 8. The normalized spacial score (nSPS) is 21.8. The summed E-state index contributed by atoms with van der Waals surface area (Å²) in [7, 11) is 0. The Labute approximate surface area is 228 Å². The molecule has 7 rings (SSSR count). The number of hydrogen-bond acceptors (Lipinski definition) is 6. The Hall–Kier alpha value is -3.75. The molecule has 202 valence electrons. The van der Waals surface area contributed by atoms with Gasteiger partial charge >= 0.3 is 5.97 Å². The van der Waals surface area contributed by atoms with Gasteiger partial charge in [-0.25, -0.2) is 14.8 Å². The van der Waals surface area contributed by atoms with Gasteiger partial charge in [-0.05, 0) is 67.5 Å². The van der Waals surface area contributed by atoms with Crippen molar-refractivity contribution < 1.29 is 19.4 Å². The highest BCUT2D eigenvalue weighted by atomic mass is 16.5. The molecule has 0 spiro atoms. The van der Waals surface area contributed by atoms with E-state index < -0.39 is 5.97 Å². The monoisotopic (exact) mass is 526 g/mol. The molecule has 4 heterocycles. The molecule has 3 aliphatic rings. The lowest BCUT2D eigenvalue weighted by molar-refractivity contribution is -0.0592. The van der Waals surface area contributed by atoms with Crippen LogP contribution >= 0.6 is 0 Å². The van der Waals surface area contributed by atoms with E-state index in [-0.39, 0.29) is 6.10 Å². The van der Waals surface area contributed by atoms with Crippen LogP contribution in [0.2, 0.25) is 0 Å². The van der Waals surface area contributed by atoms with Gasteiger partial charge in [0.05, 0.1) is 35.8 Å². The van der Waals surface area contributed by atoms with E-state index in [2.05, 4.69) is 14.5 Å².